The first-order valence-corrected chi connectivity index (χ1v) is 6.36. The molecule has 2 aromatic rings. The van der Waals surface area contributed by atoms with Gasteiger partial charge in [0.15, 0.2) is 0 Å². The molecule has 0 aromatic heterocycles. The van der Waals surface area contributed by atoms with Crippen molar-refractivity contribution < 1.29 is 9.53 Å². The van der Waals surface area contributed by atoms with E-state index in [-0.39, 0.29) is 11.9 Å². The Hall–Kier alpha value is -2.35. The Morgan fingerprint density at radius 3 is 2.21 bits per heavy atom. The van der Waals surface area contributed by atoms with Crippen LogP contribution in [0, 0.1) is 5.92 Å². The standard InChI is InChI=1S/C17H14O2/c18-17-15(11-13-7-3-1-4-8-13)12-16(19-17)14-9-5-2-6-10-14/h1-10,12,15H,11H2/t15-/m1/s1. The van der Waals surface area contributed by atoms with Gasteiger partial charge in [0.25, 0.3) is 0 Å². The molecule has 3 rings (SSSR count). The Balaban J connectivity index is 1.80. The zero-order chi connectivity index (χ0) is 13.1. The molecule has 0 fully saturated rings. The monoisotopic (exact) mass is 250 g/mol. The summed E-state index contributed by atoms with van der Waals surface area (Å²) in [5.41, 5.74) is 2.10. The van der Waals surface area contributed by atoms with Crippen molar-refractivity contribution in [1.82, 2.24) is 0 Å². The number of hydrogen-bond acceptors (Lipinski definition) is 2. The van der Waals surface area contributed by atoms with Gasteiger partial charge < -0.3 is 4.74 Å². The molecule has 0 amide bonds. The predicted molar refractivity (Wildman–Crippen MR) is 74.1 cm³/mol. The molecule has 0 saturated heterocycles. The number of esters is 1. The highest BCUT2D eigenvalue weighted by molar-refractivity contribution is 5.87. The first kappa shape index (κ1) is 11.7. The molecule has 0 saturated carbocycles. The van der Waals surface area contributed by atoms with E-state index in [1.807, 2.05) is 66.7 Å². The number of ether oxygens (including phenoxy) is 1. The molecule has 0 radical (unpaired) electrons. The van der Waals surface area contributed by atoms with Crippen LogP contribution in [0.1, 0.15) is 11.1 Å². The predicted octanol–water partition coefficient (Wildman–Crippen LogP) is 3.44. The topological polar surface area (TPSA) is 26.3 Å². The highest BCUT2D eigenvalue weighted by atomic mass is 16.5. The number of rotatable bonds is 3. The van der Waals surface area contributed by atoms with E-state index in [9.17, 15) is 4.79 Å². The van der Waals surface area contributed by atoms with Crippen LogP contribution in [-0.4, -0.2) is 5.97 Å². The third kappa shape index (κ3) is 2.58. The molecule has 19 heavy (non-hydrogen) atoms. The molecule has 1 atom stereocenters. The van der Waals surface area contributed by atoms with Crippen LogP contribution in [0.5, 0.6) is 0 Å². The maximum atomic E-state index is 11.9. The van der Waals surface area contributed by atoms with Gasteiger partial charge in [0.05, 0.1) is 5.92 Å². The van der Waals surface area contributed by atoms with Gasteiger partial charge >= 0.3 is 5.97 Å². The van der Waals surface area contributed by atoms with Gasteiger partial charge in [-0.3, -0.25) is 4.79 Å². The highest BCUT2D eigenvalue weighted by Gasteiger charge is 2.27. The number of cyclic esters (lactones) is 1. The van der Waals surface area contributed by atoms with Crippen LogP contribution in [0.3, 0.4) is 0 Å². The maximum absolute atomic E-state index is 11.9. The fraction of sp³-hybridized carbons (Fsp3) is 0.118. The summed E-state index contributed by atoms with van der Waals surface area (Å²) in [6, 6.07) is 19.7. The summed E-state index contributed by atoms with van der Waals surface area (Å²) in [5, 5.41) is 0. The zero-order valence-electron chi connectivity index (χ0n) is 10.5. The van der Waals surface area contributed by atoms with E-state index in [4.69, 9.17) is 4.74 Å². The van der Waals surface area contributed by atoms with Crippen molar-refractivity contribution in [1.29, 1.82) is 0 Å². The Morgan fingerprint density at radius 2 is 1.53 bits per heavy atom. The first-order valence-electron chi connectivity index (χ1n) is 6.36. The van der Waals surface area contributed by atoms with Crippen molar-refractivity contribution in [2.24, 2.45) is 5.92 Å². The van der Waals surface area contributed by atoms with E-state index in [1.165, 1.54) is 0 Å². The quantitative estimate of drug-likeness (QED) is 0.780. The zero-order valence-corrected chi connectivity index (χ0v) is 10.5. The molecule has 94 valence electrons. The molecule has 1 heterocycles. The lowest BCUT2D eigenvalue weighted by atomic mass is 9.99. The summed E-state index contributed by atoms with van der Waals surface area (Å²) in [5.74, 6) is 0.326. The number of carbonyl (C=O) groups is 1. The van der Waals surface area contributed by atoms with Gasteiger partial charge in [-0.2, -0.15) is 0 Å². The molecular formula is C17H14O2. The van der Waals surface area contributed by atoms with Crippen LogP contribution in [0.4, 0.5) is 0 Å². The van der Waals surface area contributed by atoms with Crippen molar-refractivity contribution in [3.63, 3.8) is 0 Å². The van der Waals surface area contributed by atoms with Gasteiger partial charge in [0.1, 0.15) is 5.76 Å². The molecule has 0 unspecified atom stereocenters. The Bertz CT molecular complexity index is 600. The largest absolute Gasteiger partial charge is 0.426 e. The molecule has 2 aromatic carbocycles. The minimum Gasteiger partial charge on any atom is -0.426 e. The lowest BCUT2D eigenvalue weighted by molar-refractivity contribution is -0.137. The van der Waals surface area contributed by atoms with E-state index >= 15 is 0 Å². The van der Waals surface area contributed by atoms with E-state index in [0.717, 1.165) is 11.1 Å². The second-order valence-electron chi connectivity index (χ2n) is 4.61. The van der Waals surface area contributed by atoms with Gasteiger partial charge in [0.2, 0.25) is 0 Å². The fourth-order valence-electron chi connectivity index (χ4n) is 2.24. The van der Waals surface area contributed by atoms with Crippen LogP contribution in [0.15, 0.2) is 66.7 Å². The second kappa shape index (κ2) is 5.11. The molecule has 0 spiro atoms. The average molecular weight is 250 g/mol. The Morgan fingerprint density at radius 1 is 0.895 bits per heavy atom. The summed E-state index contributed by atoms with van der Waals surface area (Å²) in [6.45, 7) is 0. The van der Waals surface area contributed by atoms with Crippen molar-refractivity contribution in [2.45, 2.75) is 6.42 Å². The molecule has 0 aliphatic carbocycles. The van der Waals surface area contributed by atoms with Crippen molar-refractivity contribution in [3.8, 4) is 0 Å². The summed E-state index contributed by atoms with van der Waals surface area (Å²) >= 11 is 0. The van der Waals surface area contributed by atoms with E-state index in [0.29, 0.717) is 12.2 Å². The summed E-state index contributed by atoms with van der Waals surface area (Å²) < 4.78 is 5.35. The normalized spacial score (nSPS) is 18.0. The van der Waals surface area contributed by atoms with Gasteiger partial charge in [-0.1, -0.05) is 60.7 Å². The van der Waals surface area contributed by atoms with E-state index < -0.39 is 0 Å². The van der Waals surface area contributed by atoms with Crippen LogP contribution >= 0.6 is 0 Å². The number of benzene rings is 2. The van der Waals surface area contributed by atoms with Crippen molar-refractivity contribution in [3.05, 3.63) is 77.9 Å². The molecule has 2 nitrogen and oxygen atoms in total. The van der Waals surface area contributed by atoms with Gasteiger partial charge in [-0.25, -0.2) is 0 Å². The molecule has 0 N–H and O–H groups in total. The van der Waals surface area contributed by atoms with Crippen LogP contribution in [-0.2, 0) is 16.0 Å². The van der Waals surface area contributed by atoms with Crippen LogP contribution < -0.4 is 0 Å². The lowest BCUT2D eigenvalue weighted by Gasteiger charge is -2.04. The molecule has 1 aliphatic heterocycles. The van der Waals surface area contributed by atoms with Crippen molar-refractivity contribution >= 4 is 11.7 Å². The minimum atomic E-state index is -0.183. The maximum Gasteiger partial charge on any atom is 0.318 e. The van der Waals surface area contributed by atoms with Crippen molar-refractivity contribution in [2.75, 3.05) is 0 Å². The van der Waals surface area contributed by atoms with Crippen LogP contribution in [0.2, 0.25) is 0 Å². The summed E-state index contributed by atoms with van der Waals surface area (Å²) in [4.78, 5) is 11.9. The SMILES string of the molecule is O=C1OC(c2ccccc2)=C[C@H]1Cc1ccccc1. The second-order valence-corrected chi connectivity index (χ2v) is 4.61. The Labute approximate surface area is 112 Å². The first-order chi connectivity index (χ1) is 9.33. The summed E-state index contributed by atoms with van der Waals surface area (Å²) in [6.07, 6.45) is 2.61. The van der Waals surface area contributed by atoms with Gasteiger partial charge in [0, 0.05) is 5.56 Å². The number of hydrogen-bond donors (Lipinski definition) is 0. The molecule has 1 aliphatic rings. The fourth-order valence-corrected chi connectivity index (χ4v) is 2.24. The molecular weight excluding hydrogens is 236 g/mol. The number of carbonyl (C=O) groups excluding carboxylic acids is 1. The third-order valence-corrected chi connectivity index (χ3v) is 3.22. The smallest absolute Gasteiger partial charge is 0.318 e. The lowest BCUT2D eigenvalue weighted by Crippen LogP contribution is -2.11. The third-order valence-electron chi connectivity index (χ3n) is 3.22. The Kier molecular flexibility index (Phi) is 3.15. The highest BCUT2D eigenvalue weighted by Crippen LogP contribution is 2.28. The van der Waals surface area contributed by atoms with E-state index in [2.05, 4.69) is 0 Å². The molecule has 2 heteroatoms. The molecule has 0 bridgehead atoms. The minimum absolute atomic E-state index is 0.164. The average Bonchev–Trinajstić information content (AvgIpc) is 2.82. The van der Waals surface area contributed by atoms with Gasteiger partial charge in [-0.15, -0.1) is 0 Å². The van der Waals surface area contributed by atoms with Crippen LogP contribution in [0.25, 0.3) is 5.76 Å². The van der Waals surface area contributed by atoms with Gasteiger partial charge in [-0.05, 0) is 18.1 Å². The van der Waals surface area contributed by atoms with E-state index in [1.54, 1.807) is 0 Å². The summed E-state index contributed by atoms with van der Waals surface area (Å²) in [7, 11) is 0.